The van der Waals surface area contributed by atoms with Gasteiger partial charge in [-0.15, -0.1) is 11.6 Å². The molecule has 98 valence electrons. The van der Waals surface area contributed by atoms with E-state index >= 15 is 0 Å². The Hall–Kier alpha value is -0.770. The predicted molar refractivity (Wildman–Crippen MR) is 68.0 cm³/mol. The molecule has 0 aromatic heterocycles. The molecule has 0 spiro atoms. The number of carbonyl (C=O) groups excluding carboxylic acids is 2. The van der Waals surface area contributed by atoms with Gasteiger partial charge in [0, 0.05) is 32.6 Å². The Bertz CT molecular complexity index is 284. The van der Waals surface area contributed by atoms with Crippen molar-refractivity contribution in [1.82, 2.24) is 9.80 Å². The number of alkyl halides is 1. The molecule has 0 aliphatic carbocycles. The molecule has 1 fully saturated rings. The van der Waals surface area contributed by atoms with E-state index in [0.29, 0.717) is 13.1 Å². The van der Waals surface area contributed by atoms with E-state index in [0.717, 1.165) is 25.8 Å². The molecule has 1 aliphatic rings. The summed E-state index contributed by atoms with van der Waals surface area (Å²) >= 11 is 5.61. The Morgan fingerprint density at radius 3 is 2.65 bits per heavy atom. The number of hydrogen-bond donors (Lipinski definition) is 0. The summed E-state index contributed by atoms with van der Waals surface area (Å²) in [7, 11) is 0. The molecule has 5 heteroatoms. The first-order chi connectivity index (χ1) is 8.10. The fraction of sp³-hybridized carbons (Fsp3) is 0.833. The summed E-state index contributed by atoms with van der Waals surface area (Å²) < 4.78 is 0. The smallest absolute Gasteiger partial charge is 0.237 e. The number of piperidine rings is 1. The quantitative estimate of drug-likeness (QED) is 0.719. The minimum absolute atomic E-state index is 0.0176. The molecule has 1 heterocycles. The summed E-state index contributed by atoms with van der Waals surface area (Å²) in [4.78, 5) is 26.7. The summed E-state index contributed by atoms with van der Waals surface area (Å²) in [6.45, 7) is 5.62. The monoisotopic (exact) mass is 260 g/mol. The number of likely N-dealkylation sites (tertiary alicyclic amines) is 1. The van der Waals surface area contributed by atoms with Gasteiger partial charge in [-0.05, 0) is 26.2 Å². The Kier molecular flexibility index (Phi) is 5.75. The number of hydrogen-bond acceptors (Lipinski definition) is 2. The van der Waals surface area contributed by atoms with Crippen LogP contribution in [-0.2, 0) is 9.59 Å². The maximum Gasteiger partial charge on any atom is 0.237 e. The molecule has 0 aromatic carbocycles. The third-order valence-electron chi connectivity index (χ3n) is 3.32. The van der Waals surface area contributed by atoms with Crippen LogP contribution in [0.15, 0.2) is 0 Å². The highest BCUT2D eigenvalue weighted by atomic mass is 35.5. The second-order valence-corrected chi connectivity index (χ2v) is 4.70. The molecule has 0 saturated carbocycles. The van der Waals surface area contributed by atoms with Gasteiger partial charge in [-0.2, -0.15) is 0 Å². The average molecular weight is 261 g/mol. The van der Waals surface area contributed by atoms with Gasteiger partial charge in [0.15, 0.2) is 0 Å². The molecule has 1 aliphatic heterocycles. The summed E-state index contributed by atoms with van der Waals surface area (Å²) in [5.74, 6) is 0.0789. The summed E-state index contributed by atoms with van der Waals surface area (Å²) in [5.41, 5.74) is 0. The Balaban J connectivity index is 2.64. The Labute approximate surface area is 108 Å². The largest absolute Gasteiger partial charge is 0.341 e. The average Bonchev–Trinajstić information content (AvgIpc) is 2.35. The van der Waals surface area contributed by atoms with Crippen molar-refractivity contribution >= 4 is 23.4 Å². The lowest BCUT2D eigenvalue weighted by Gasteiger charge is -2.38. The number of likely N-dealkylation sites (N-methyl/N-ethyl adjacent to an activating group) is 1. The maximum atomic E-state index is 11.7. The van der Waals surface area contributed by atoms with Gasteiger partial charge in [0.2, 0.25) is 11.8 Å². The topological polar surface area (TPSA) is 40.6 Å². The molecule has 0 aromatic rings. The lowest BCUT2D eigenvalue weighted by atomic mass is 10.0. The highest BCUT2D eigenvalue weighted by Gasteiger charge is 2.27. The molecule has 0 N–H and O–H groups in total. The lowest BCUT2D eigenvalue weighted by molar-refractivity contribution is -0.136. The number of amides is 2. The van der Waals surface area contributed by atoms with E-state index in [2.05, 4.69) is 0 Å². The van der Waals surface area contributed by atoms with Gasteiger partial charge in [-0.3, -0.25) is 9.59 Å². The molecule has 0 unspecified atom stereocenters. The molecular weight excluding hydrogens is 240 g/mol. The van der Waals surface area contributed by atoms with Crippen LogP contribution >= 0.6 is 11.6 Å². The zero-order valence-corrected chi connectivity index (χ0v) is 11.4. The predicted octanol–water partition coefficient (Wildman–Crippen LogP) is 1.47. The number of rotatable bonds is 4. The number of nitrogens with zero attached hydrogens (tertiary/aromatic N) is 2. The Morgan fingerprint density at radius 1 is 1.41 bits per heavy atom. The van der Waals surface area contributed by atoms with E-state index < -0.39 is 0 Å². The first kappa shape index (κ1) is 14.3. The van der Waals surface area contributed by atoms with Crippen LogP contribution in [0.25, 0.3) is 0 Å². The van der Waals surface area contributed by atoms with E-state index in [-0.39, 0.29) is 23.7 Å². The molecule has 1 atom stereocenters. The van der Waals surface area contributed by atoms with Gasteiger partial charge >= 0.3 is 0 Å². The van der Waals surface area contributed by atoms with Crippen molar-refractivity contribution in [3.63, 3.8) is 0 Å². The second-order valence-electron chi connectivity index (χ2n) is 4.43. The van der Waals surface area contributed by atoms with Crippen LogP contribution in [-0.4, -0.2) is 53.2 Å². The molecule has 4 nitrogen and oxygen atoms in total. The van der Waals surface area contributed by atoms with Gasteiger partial charge in [-0.25, -0.2) is 0 Å². The maximum absolute atomic E-state index is 11.7. The molecule has 1 rings (SSSR count). The van der Waals surface area contributed by atoms with Crippen molar-refractivity contribution in [2.24, 2.45) is 0 Å². The Morgan fingerprint density at radius 2 is 2.12 bits per heavy atom. The second kappa shape index (κ2) is 6.84. The molecule has 0 radical (unpaired) electrons. The number of halogens is 1. The fourth-order valence-corrected chi connectivity index (χ4v) is 2.48. The van der Waals surface area contributed by atoms with Crippen LogP contribution in [0.4, 0.5) is 0 Å². The van der Waals surface area contributed by atoms with Gasteiger partial charge in [0.1, 0.15) is 5.88 Å². The molecular formula is C12H21ClN2O2. The van der Waals surface area contributed by atoms with E-state index in [9.17, 15) is 9.59 Å². The zero-order chi connectivity index (χ0) is 12.8. The first-order valence-electron chi connectivity index (χ1n) is 6.21. The van der Waals surface area contributed by atoms with Gasteiger partial charge in [0.25, 0.3) is 0 Å². The molecule has 2 amide bonds. The minimum Gasteiger partial charge on any atom is -0.341 e. The van der Waals surface area contributed by atoms with E-state index in [1.807, 2.05) is 11.8 Å². The third-order valence-corrected chi connectivity index (χ3v) is 3.55. The van der Waals surface area contributed by atoms with E-state index in [1.54, 1.807) is 11.8 Å². The minimum atomic E-state index is -0.0176. The zero-order valence-electron chi connectivity index (χ0n) is 10.6. The van der Waals surface area contributed by atoms with Crippen molar-refractivity contribution in [1.29, 1.82) is 0 Å². The first-order valence-corrected chi connectivity index (χ1v) is 6.74. The van der Waals surface area contributed by atoms with Gasteiger partial charge in [0.05, 0.1) is 0 Å². The summed E-state index contributed by atoms with van der Waals surface area (Å²) in [5, 5.41) is 0. The SMILES string of the molecule is CCN(C[C@H]1CCCCN1C(=O)CCl)C(C)=O. The molecule has 17 heavy (non-hydrogen) atoms. The van der Waals surface area contributed by atoms with Gasteiger partial charge in [-0.1, -0.05) is 0 Å². The summed E-state index contributed by atoms with van der Waals surface area (Å²) in [6, 6.07) is 0.138. The van der Waals surface area contributed by atoms with Crippen molar-refractivity contribution in [2.75, 3.05) is 25.5 Å². The lowest BCUT2D eigenvalue weighted by Crippen LogP contribution is -2.50. The molecule has 1 saturated heterocycles. The standard InChI is InChI=1S/C12H21ClN2O2/c1-3-14(10(2)16)9-11-6-4-5-7-15(11)12(17)8-13/h11H,3-9H2,1-2H3/t11-/m1/s1. The van der Waals surface area contributed by atoms with Crippen LogP contribution < -0.4 is 0 Å². The highest BCUT2D eigenvalue weighted by Crippen LogP contribution is 2.18. The van der Waals surface area contributed by atoms with E-state index in [1.165, 1.54) is 0 Å². The highest BCUT2D eigenvalue weighted by molar-refractivity contribution is 6.27. The van der Waals surface area contributed by atoms with Gasteiger partial charge < -0.3 is 9.80 Å². The normalized spacial score (nSPS) is 20.2. The van der Waals surface area contributed by atoms with Crippen LogP contribution in [0.5, 0.6) is 0 Å². The van der Waals surface area contributed by atoms with Crippen molar-refractivity contribution in [3.05, 3.63) is 0 Å². The van der Waals surface area contributed by atoms with Crippen molar-refractivity contribution in [2.45, 2.75) is 39.2 Å². The van der Waals surface area contributed by atoms with E-state index in [4.69, 9.17) is 11.6 Å². The van der Waals surface area contributed by atoms with Crippen LogP contribution in [0.3, 0.4) is 0 Å². The van der Waals surface area contributed by atoms with Crippen LogP contribution in [0, 0.1) is 0 Å². The summed E-state index contributed by atoms with van der Waals surface area (Å²) in [6.07, 6.45) is 3.12. The molecule has 0 bridgehead atoms. The van der Waals surface area contributed by atoms with Crippen molar-refractivity contribution in [3.8, 4) is 0 Å². The van der Waals surface area contributed by atoms with Crippen LogP contribution in [0.1, 0.15) is 33.1 Å². The third kappa shape index (κ3) is 3.87. The van der Waals surface area contributed by atoms with Crippen LogP contribution in [0.2, 0.25) is 0 Å². The number of carbonyl (C=O) groups is 2. The van der Waals surface area contributed by atoms with Crippen molar-refractivity contribution < 1.29 is 9.59 Å². The fourth-order valence-electron chi connectivity index (χ4n) is 2.33.